The SMILES string of the molecule is COC(=O)C1=C(C(=O)OC)N2c3ccccc3N(Cc3ccccc3)N2C(C(=O)OC)=C1C(=O)OC. The van der Waals surface area contributed by atoms with Gasteiger partial charge in [-0.15, -0.1) is 0 Å². The monoisotopic (exact) mass is 493 g/mol. The van der Waals surface area contributed by atoms with Crippen LogP contribution in [0.25, 0.3) is 0 Å². The van der Waals surface area contributed by atoms with Crippen molar-refractivity contribution in [3.8, 4) is 0 Å². The zero-order chi connectivity index (χ0) is 26.0. The van der Waals surface area contributed by atoms with Gasteiger partial charge in [0, 0.05) is 0 Å². The third-order valence-electron chi connectivity index (χ3n) is 5.65. The Labute approximate surface area is 206 Å². The molecule has 0 atom stereocenters. The molecule has 0 saturated carbocycles. The van der Waals surface area contributed by atoms with E-state index in [1.165, 1.54) is 10.1 Å². The van der Waals surface area contributed by atoms with Crippen LogP contribution in [0.5, 0.6) is 0 Å². The van der Waals surface area contributed by atoms with Crippen molar-refractivity contribution < 1.29 is 38.1 Å². The Kier molecular flexibility index (Phi) is 6.64. The molecule has 0 bridgehead atoms. The van der Waals surface area contributed by atoms with Gasteiger partial charge in [-0.2, -0.15) is 5.12 Å². The minimum Gasteiger partial charge on any atom is -0.465 e. The van der Waals surface area contributed by atoms with Crippen molar-refractivity contribution in [1.82, 2.24) is 5.12 Å². The molecule has 2 heterocycles. The molecule has 0 spiro atoms. The van der Waals surface area contributed by atoms with Crippen LogP contribution in [0.3, 0.4) is 0 Å². The number of methoxy groups -OCH3 is 4. The van der Waals surface area contributed by atoms with Gasteiger partial charge in [0.05, 0.1) is 46.4 Å². The second-order valence-electron chi connectivity index (χ2n) is 7.55. The van der Waals surface area contributed by atoms with Crippen LogP contribution in [0.4, 0.5) is 11.4 Å². The number of benzene rings is 2. The molecule has 2 aromatic carbocycles. The summed E-state index contributed by atoms with van der Waals surface area (Å²) in [5.41, 5.74) is 0.216. The van der Waals surface area contributed by atoms with Gasteiger partial charge in [-0.3, -0.25) is 5.01 Å². The van der Waals surface area contributed by atoms with E-state index in [1.807, 2.05) is 30.3 Å². The lowest BCUT2D eigenvalue weighted by atomic mass is 9.98. The first-order chi connectivity index (χ1) is 17.4. The molecule has 0 saturated heterocycles. The third kappa shape index (κ3) is 3.80. The van der Waals surface area contributed by atoms with E-state index in [2.05, 4.69) is 0 Å². The number of fused-ring (bicyclic) bond motifs is 3. The third-order valence-corrected chi connectivity index (χ3v) is 5.65. The lowest BCUT2D eigenvalue weighted by Crippen LogP contribution is -2.54. The molecule has 0 unspecified atom stereocenters. The minimum absolute atomic E-state index is 0.227. The van der Waals surface area contributed by atoms with Crippen LogP contribution in [-0.2, 0) is 44.7 Å². The summed E-state index contributed by atoms with van der Waals surface area (Å²) in [5, 5.41) is 4.32. The molecule has 0 radical (unpaired) electrons. The van der Waals surface area contributed by atoms with Crippen LogP contribution in [0.1, 0.15) is 5.56 Å². The van der Waals surface area contributed by atoms with E-state index in [-0.39, 0.29) is 17.9 Å². The number of esters is 4. The first-order valence-electron chi connectivity index (χ1n) is 10.7. The molecule has 0 aliphatic carbocycles. The Morgan fingerprint density at radius 1 is 0.611 bits per heavy atom. The van der Waals surface area contributed by atoms with Crippen LogP contribution in [-0.4, -0.2) is 57.4 Å². The molecule has 2 aromatic rings. The van der Waals surface area contributed by atoms with Gasteiger partial charge in [0.25, 0.3) is 0 Å². The van der Waals surface area contributed by atoms with Crippen molar-refractivity contribution >= 4 is 35.3 Å². The Hall–Kier alpha value is -4.80. The largest absolute Gasteiger partial charge is 0.465 e. The van der Waals surface area contributed by atoms with Crippen LogP contribution in [0, 0.1) is 0 Å². The lowest BCUT2D eigenvalue weighted by Gasteiger charge is -2.41. The van der Waals surface area contributed by atoms with E-state index in [9.17, 15) is 19.2 Å². The van der Waals surface area contributed by atoms with Gasteiger partial charge in [-0.25, -0.2) is 24.2 Å². The van der Waals surface area contributed by atoms with Crippen molar-refractivity contribution in [3.63, 3.8) is 0 Å². The molecule has 0 N–H and O–H groups in total. The zero-order valence-electron chi connectivity index (χ0n) is 20.0. The molecular formula is C25H23N3O8. The van der Waals surface area contributed by atoms with Gasteiger partial charge in [0.1, 0.15) is 11.1 Å². The van der Waals surface area contributed by atoms with Gasteiger partial charge in [-0.05, 0) is 17.7 Å². The average molecular weight is 493 g/mol. The zero-order valence-corrected chi connectivity index (χ0v) is 20.0. The van der Waals surface area contributed by atoms with Crippen molar-refractivity contribution in [3.05, 3.63) is 82.7 Å². The summed E-state index contributed by atoms with van der Waals surface area (Å²) in [6.45, 7) is 0.227. The molecule has 11 heteroatoms. The number of anilines is 2. The molecule has 36 heavy (non-hydrogen) atoms. The second-order valence-corrected chi connectivity index (χ2v) is 7.55. The maximum Gasteiger partial charge on any atom is 0.359 e. The van der Waals surface area contributed by atoms with E-state index in [4.69, 9.17) is 18.9 Å². The Balaban J connectivity index is 2.11. The fourth-order valence-electron chi connectivity index (χ4n) is 4.13. The normalized spacial score (nSPS) is 14.3. The predicted octanol–water partition coefficient (Wildman–Crippen LogP) is 1.86. The molecule has 0 amide bonds. The van der Waals surface area contributed by atoms with Crippen molar-refractivity contribution in [2.75, 3.05) is 38.5 Å². The standard InChI is InChI=1S/C25H23N3O8/c1-33-22(29)18-19(23(30)34-2)21(25(32)36-4)28-26(14-15-10-6-5-7-11-15)16-12-8-9-13-17(16)27(28)20(18)24(31)35-3/h5-13H,14H2,1-4H3. The summed E-state index contributed by atoms with van der Waals surface area (Å²) in [6.07, 6.45) is 0. The predicted molar refractivity (Wildman–Crippen MR) is 126 cm³/mol. The summed E-state index contributed by atoms with van der Waals surface area (Å²) >= 11 is 0. The van der Waals surface area contributed by atoms with Crippen molar-refractivity contribution in [2.24, 2.45) is 0 Å². The number of hydrazine groups is 2. The number of hydrogen-bond donors (Lipinski definition) is 0. The minimum atomic E-state index is -1.05. The number of ether oxygens (including phenoxy) is 4. The summed E-state index contributed by atoms with van der Waals surface area (Å²) < 4.78 is 19.8. The van der Waals surface area contributed by atoms with E-state index >= 15 is 0 Å². The highest BCUT2D eigenvalue weighted by Gasteiger charge is 2.52. The van der Waals surface area contributed by atoms with Gasteiger partial charge >= 0.3 is 23.9 Å². The first kappa shape index (κ1) is 24.3. The van der Waals surface area contributed by atoms with E-state index < -0.39 is 35.0 Å². The topological polar surface area (TPSA) is 115 Å². The smallest absolute Gasteiger partial charge is 0.359 e. The van der Waals surface area contributed by atoms with Gasteiger partial charge in [-0.1, -0.05) is 42.5 Å². The number of carbonyl (C=O) groups excluding carboxylic acids is 4. The number of carbonyl (C=O) groups is 4. The molecule has 2 aliphatic heterocycles. The molecule has 186 valence electrons. The number of rotatable bonds is 6. The summed E-state index contributed by atoms with van der Waals surface area (Å²) in [6, 6.07) is 16.3. The van der Waals surface area contributed by atoms with E-state index in [0.717, 1.165) is 34.0 Å². The number of para-hydroxylation sites is 2. The summed E-state index contributed by atoms with van der Waals surface area (Å²) in [4.78, 5) is 52.5. The summed E-state index contributed by atoms with van der Waals surface area (Å²) in [7, 11) is 4.44. The Morgan fingerprint density at radius 3 is 1.64 bits per heavy atom. The quantitative estimate of drug-likeness (QED) is 0.434. The van der Waals surface area contributed by atoms with Crippen LogP contribution in [0.15, 0.2) is 77.1 Å². The highest BCUT2D eigenvalue weighted by molar-refractivity contribution is 6.18. The molecular weight excluding hydrogens is 470 g/mol. The lowest BCUT2D eigenvalue weighted by molar-refractivity contribution is -0.143. The Morgan fingerprint density at radius 2 is 1.08 bits per heavy atom. The number of hydrogen-bond acceptors (Lipinski definition) is 11. The van der Waals surface area contributed by atoms with Crippen molar-refractivity contribution in [1.29, 1.82) is 0 Å². The maximum absolute atomic E-state index is 13.2. The van der Waals surface area contributed by atoms with Crippen LogP contribution >= 0.6 is 0 Å². The highest BCUT2D eigenvalue weighted by Crippen LogP contribution is 2.48. The van der Waals surface area contributed by atoms with Crippen molar-refractivity contribution in [2.45, 2.75) is 6.54 Å². The molecule has 0 aromatic heterocycles. The number of nitrogens with zero attached hydrogens (tertiary/aromatic N) is 3. The first-order valence-corrected chi connectivity index (χ1v) is 10.7. The highest BCUT2D eigenvalue weighted by atomic mass is 16.5. The van der Waals surface area contributed by atoms with Gasteiger partial charge in [0.2, 0.25) is 0 Å². The average Bonchev–Trinajstić information content (AvgIpc) is 3.24. The van der Waals surface area contributed by atoms with Crippen LogP contribution in [0.2, 0.25) is 0 Å². The molecule has 11 nitrogen and oxygen atoms in total. The fourth-order valence-corrected chi connectivity index (χ4v) is 4.13. The maximum atomic E-state index is 13.2. The van der Waals surface area contributed by atoms with E-state index in [1.54, 1.807) is 29.3 Å². The molecule has 2 aliphatic rings. The van der Waals surface area contributed by atoms with Gasteiger partial charge in [0.15, 0.2) is 11.4 Å². The van der Waals surface area contributed by atoms with Gasteiger partial charge < -0.3 is 18.9 Å². The Bertz CT molecular complexity index is 1300. The fraction of sp³-hybridized carbons (Fsp3) is 0.200. The van der Waals surface area contributed by atoms with Crippen LogP contribution < -0.4 is 10.0 Å². The molecule has 0 fully saturated rings. The second kappa shape index (κ2) is 9.82. The summed E-state index contributed by atoms with van der Waals surface area (Å²) in [5.74, 6) is -3.98. The van der Waals surface area contributed by atoms with E-state index in [0.29, 0.717) is 11.4 Å². The molecule has 4 rings (SSSR count).